The lowest BCUT2D eigenvalue weighted by molar-refractivity contribution is 0.430. The van der Waals surface area contributed by atoms with Gasteiger partial charge in [0.2, 0.25) is 0 Å². The molecular formula is C10H4Br2N2O. The quantitative estimate of drug-likeness (QED) is 0.801. The van der Waals surface area contributed by atoms with Crippen molar-refractivity contribution in [2.75, 3.05) is 0 Å². The van der Waals surface area contributed by atoms with Gasteiger partial charge < -0.3 is 4.52 Å². The van der Waals surface area contributed by atoms with Crippen LogP contribution in [0.5, 0.6) is 0 Å². The molecule has 2 rings (SSSR count). The van der Waals surface area contributed by atoms with E-state index in [1.54, 1.807) is 0 Å². The summed E-state index contributed by atoms with van der Waals surface area (Å²) in [5.41, 5.74) is 1.13. The first kappa shape index (κ1) is 10.4. The minimum absolute atomic E-state index is 0.257. The number of rotatable bonds is 1. The van der Waals surface area contributed by atoms with Crippen molar-refractivity contribution in [2.45, 2.75) is 0 Å². The third-order valence-corrected chi connectivity index (χ3v) is 3.11. The van der Waals surface area contributed by atoms with E-state index in [4.69, 9.17) is 9.78 Å². The highest BCUT2D eigenvalue weighted by atomic mass is 79.9. The molecule has 0 spiro atoms. The molecule has 2 aromatic rings. The van der Waals surface area contributed by atoms with Gasteiger partial charge >= 0.3 is 0 Å². The average molecular weight is 328 g/mol. The second-order valence-electron chi connectivity index (χ2n) is 2.79. The van der Waals surface area contributed by atoms with Gasteiger partial charge in [-0.05, 0) is 40.2 Å². The van der Waals surface area contributed by atoms with Gasteiger partial charge in [-0.15, -0.1) is 0 Å². The van der Waals surface area contributed by atoms with Crippen LogP contribution in [0.2, 0.25) is 0 Å². The zero-order chi connectivity index (χ0) is 10.8. The Hall–Kier alpha value is -1.12. The van der Waals surface area contributed by atoms with E-state index in [1.807, 2.05) is 30.3 Å². The molecule has 0 atom stereocenters. The monoisotopic (exact) mass is 326 g/mol. The van der Waals surface area contributed by atoms with Crippen LogP contribution < -0.4 is 0 Å². The summed E-state index contributed by atoms with van der Waals surface area (Å²) in [4.78, 5) is 0. The molecule has 0 aliphatic rings. The van der Waals surface area contributed by atoms with Gasteiger partial charge in [0, 0.05) is 10.0 Å². The van der Waals surface area contributed by atoms with Gasteiger partial charge in [0.25, 0.3) is 0 Å². The van der Waals surface area contributed by atoms with Gasteiger partial charge in [-0.1, -0.05) is 21.1 Å². The number of halogens is 2. The predicted octanol–water partition coefficient (Wildman–Crippen LogP) is 3.74. The number of benzene rings is 1. The Morgan fingerprint density at radius 3 is 2.40 bits per heavy atom. The van der Waals surface area contributed by atoms with Crippen LogP contribution in [0.25, 0.3) is 11.3 Å². The molecule has 0 saturated heterocycles. The van der Waals surface area contributed by atoms with E-state index in [0.29, 0.717) is 10.2 Å². The molecule has 0 aliphatic carbocycles. The van der Waals surface area contributed by atoms with Crippen molar-refractivity contribution in [2.24, 2.45) is 0 Å². The summed E-state index contributed by atoms with van der Waals surface area (Å²) in [7, 11) is 0. The second-order valence-corrected chi connectivity index (χ2v) is 4.50. The first-order valence-electron chi connectivity index (χ1n) is 4.03. The van der Waals surface area contributed by atoms with Crippen LogP contribution in [0.4, 0.5) is 0 Å². The van der Waals surface area contributed by atoms with Crippen LogP contribution in [0.1, 0.15) is 5.69 Å². The molecule has 0 unspecified atom stereocenters. The number of nitrogens with zero attached hydrogens (tertiary/aromatic N) is 2. The second kappa shape index (κ2) is 4.17. The van der Waals surface area contributed by atoms with Crippen LogP contribution in [-0.4, -0.2) is 5.16 Å². The highest BCUT2D eigenvalue weighted by molar-refractivity contribution is 9.10. The Morgan fingerprint density at radius 1 is 1.20 bits per heavy atom. The number of hydrogen-bond donors (Lipinski definition) is 0. The molecule has 1 heterocycles. The lowest BCUT2D eigenvalue weighted by Gasteiger charge is -1.96. The molecule has 0 amide bonds. The van der Waals surface area contributed by atoms with Gasteiger partial charge in [0.05, 0.1) is 0 Å². The van der Waals surface area contributed by atoms with Gasteiger partial charge in [-0.3, -0.25) is 0 Å². The zero-order valence-electron chi connectivity index (χ0n) is 7.37. The Labute approximate surface area is 103 Å². The van der Waals surface area contributed by atoms with Gasteiger partial charge in [-0.25, -0.2) is 0 Å². The van der Waals surface area contributed by atoms with E-state index in [1.165, 1.54) is 0 Å². The van der Waals surface area contributed by atoms with Crippen molar-refractivity contribution in [3.63, 3.8) is 0 Å². The van der Waals surface area contributed by atoms with Crippen LogP contribution >= 0.6 is 31.9 Å². The Bertz CT molecular complexity index is 525. The molecule has 0 radical (unpaired) electrons. The Kier molecular flexibility index (Phi) is 2.89. The highest BCUT2D eigenvalue weighted by Crippen LogP contribution is 2.31. The van der Waals surface area contributed by atoms with Crippen molar-refractivity contribution in [1.82, 2.24) is 5.16 Å². The fourth-order valence-corrected chi connectivity index (χ4v) is 1.86. The summed E-state index contributed by atoms with van der Waals surface area (Å²) in [6, 6.07) is 9.50. The molecule has 1 aromatic heterocycles. The van der Waals surface area contributed by atoms with E-state index < -0.39 is 0 Å². The van der Waals surface area contributed by atoms with Gasteiger partial charge in [0.1, 0.15) is 10.5 Å². The van der Waals surface area contributed by atoms with Crippen molar-refractivity contribution in [3.8, 4) is 17.4 Å². The first-order valence-corrected chi connectivity index (χ1v) is 5.62. The molecule has 3 nitrogen and oxygen atoms in total. The topological polar surface area (TPSA) is 49.8 Å². The van der Waals surface area contributed by atoms with Crippen molar-refractivity contribution in [1.29, 1.82) is 5.26 Å². The number of aromatic nitrogens is 1. The van der Waals surface area contributed by atoms with Crippen molar-refractivity contribution in [3.05, 3.63) is 38.9 Å². The van der Waals surface area contributed by atoms with Crippen LogP contribution in [-0.2, 0) is 0 Å². The number of nitriles is 1. The minimum Gasteiger partial charge on any atom is -0.354 e. The molecule has 0 fully saturated rings. The Morgan fingerprint density at radius 2 is 1.87 bits per heavy atom. The van der Waals surface area contributed by atoms with Crippen molar-refractivity contribution >= 4 is 31.9 Å². The van der Waals surface area contributed by atoms with E-state index in [2.05, 4.69) is 37.0 Å². The predicted molar refractivity (Wildman–Crippen MR) is 62.1 cm³/mol. The molecule has 0 bridgehead atoms. The molecule has 74 valence electrons. The third-order valence-electron chi connectivity index (χ3n) is 1.85. The first-order chi connectivity index (χ1) is 7.22. The molecular weight excluding hydrogens is 324 g/mol. The van der Waals surface area contributed by atoms with Gasteiger partial charge in [-0.2, -0.15) is 5.26 Å². The number of hydrogen-bond acceptors (Lipinski definition) is 3. The summed E-state index contributed by atoms with van der Waals surface area (Å²) >= 11 is 6.62. The summed E-state index contributed by atoms with van der Waals surface area (Å²) in [5, 5.41) is 12.4. The van der Waals surface area contributed by atoms with Crippen LogP contribution in [0, 0.1) is 11.3 Å². The Balaban J connectivity index is 2.51. The molecule has 0 N–H and O–H groups in total. The lowest BCUT2D eigenvalue weighted by atomic mass is 10.2. The average Bonchev–Trinajstić information content (AvgIpc) is 2.61. The summed E-state index contributed by atoms with van der Waals surface area (Å²) in [6.45, 7) is 0. The van der Waals surface area contributed by atoms with E-state index in [-0.39, 0.29) is 5.69 Å². The summed E-state index contributed by atoms with van der Waals surface area (Å²) < 4.78 is 6.66. The molecule has 5 heteroatoms. The molecule has 0 saturated carbocycles. The van der Waals surface area contributed by atoms with E-state index in [9.17, 15) is 0 Å². The van der Waals surface area contributed by atoms with E-state index in [0.717, 1.165) is 10.0 Å². The molecule has 0 aliphatic heterocycles. The maximum absolute atomic E-state index is 8.71. The van der Waals surface area contributed by atoms with Crippen LogP contribution in [0.15, 0.2) is 37.7 Å². The zero-order valence-corrected chi connectivity index (χ0v) is 10.5. The van der Waals surface area contributed by atoms with E-state index >= 15 is 0 Å². The van der Waals surface area contributed by atoms with Gasteiger partial charge in [0.15, 0.2) is 11.5 Å². The maximum atomic E-state index is 8.71. The summed E-state index contributed by atoms with van der Waals surface area (Å²) in [5.74, 6) is 0.569. The molecule has 15 heavy (non-hydrogen) atoms. The normalized spacial score (nSPS) is 9.93. The molecule has 1 aromatic carbocycles. The SMILES string of the molecule is N#Cc1noc(-c2ccc(Br)cc2)c1Br. The maximum Gasteiger partial charge on any atom is 0.198 e. The van der Waals surface area contributed by atoms with Crippen molar-refractivity contribution < 1.29 is 4.52 Å². The lowest BCUT2D eigenvalue weighted by Crippen LogP contribution is -1.75. The standard InChI is InChI=1S/C10H4Br2N2O/c11-7-3-1-6(2-4-7)10-9(12)8(5-13)14-15-10/h1-4H. The summed E-state index contributed by atoms with van der Waals surface area (Å²) in [6.07, 6.45) is 0. The third kappa shape index (κ3) is 1.96. The minimum atomic E-state index is 0.257. The fourth-order valence-electron chi connectivity index (χ4n) is 1.13. The smallest absolute Gasteiger partial charge is 0.198 e. The largest absolute Gasteiger partial charge is 0.354 e. The fraction of sp³-hybridized carbons (Fsp3) is 0. The highest BCUT2D eigenvalue weighted by Gasteiger charge is 2.14. The van der Waals surface area contributed by atoms with Crippen LogP contribution in [0.3, 0.4) is 0 Å².